The molecule has 0 saturated carbocycles. The summed E-state index contributed by atoms with van der Waals surface area (Å²) in [4.78, 5) is 23.6. The summed E-state index contributed by atoms with van der Waals surface area (Å²) in [6.45, 7) is 6.35. The first-order valence-electron chi connectivity index (χ1n) is 8.35. The first kappa shape index (κ1) is 18.5. The number of nitrogens with one attached hydrogen (secondary N) is 1. The molecular formula is C21H23NO3. The van der Waals surface area contributed by atoms with E-state index in [1.165, 1.54) is 11.6 Å². The fourth-order valence-electron chi connectivity index (χ4n) is 2.25. The smallest absolute Gasteiger partial charge is 0.330 e. The molecule has 0 atom stereocenters. The van der Waals surface area contributed by atoms with Crippen molar-refractivity contribution < 1.29 is 14.3 Å². The number of anilines is 1. The minimum atomic E-state index is -0.371. The number of ether oxygens (including phenoxy) is 1. The van der Waals surface area contributed by atoms with E-state index in [9.17, 15) is 9.59 Å². The van der Waals surface area contributed by atoms with E-state index in [1.807, 2.05) is 36.4 Å². The molecule has 0 radical (unpaired) electrons. The van der Waals surface area contributed by atoms with Gasteiger partial charge in [-0.25, -0.2) is 4.79 Å². The Morgan fingerprint density at radius 1 is 1.04 bits per heavy atom. The topological polar surface area (TPSA) is 55.4 Å². The van der Waals surface area contributed by atoms with Gasteiger partial charge in [-0.1, -0.05) is 38.1 Å². The minimum absolute atomic E-state index is 0.148. The van der Waals surface area contributed by atoms with Crippen molar-refractivity contribution in [3.05, 3.63) is 71.3 Å². The van der Waals surface area contributed by atoms with Crippen LogP contribution in [0.1, 0.15) is 48.2 Å². The highest BCUT2D eigenvalue weighted by Gasteiger charge is 2.07. The molecule has 0 aliphatic carbocycles. The summed E-state index contributed by atoms with van der Waals surface area (Å²) in [6, 6.07) is 14.9. The second-order valence-corrected chi connectivity index (χ2v) is 5.94. The van der Waals surface area contributed by atoms with Crippen molar-refractivity contribution in [2.24, 2.45) is 0 Å². The maximum absolute atomic E-state index is 12.3. The van der Waals surface area contributed by atoms with Crippen LogP contribution < -0.4 is 5.32 Å². The van der Waals surface area contributed by atoms with Crippen molar-refractivity contribution in [1.29, 1.82) is 0 Å². The van der Waals surface area contributed by atoms with Gasteiger partial charge in [0.2, 0.25) is 0 Å². The van der Waals surface area contributed by atoms with Crippen LogP contribution in [-0.2, 0) is 9.53 Å². The average molecular weight is 337 g/mol. The lowest BCUT2D eigenvalue weighted by molar-refractivity contribution is -0.137. The molecule has 0 unspecified atom stereocenters. The highest BCUT2D eigenvalue weighted by Crippen LogP contribution is 2.16. The molecule has 2 aromatic carbocycles. The molecule has 0 saturated heterocycles. The lowest BCUT2D eigenvalue weighted by Gasteiger charge is -2.08. The predicted molar refractivity (Wildman–Crippen MR) is 101 cm³/mol. The van der Waals surface area contributed by atoms with Crippen molar-refractivity contribution in [1.82, 2.24) is 0 Å². The number of esters is 1. The van der Waals surface area contributed by atoms with Crippen LogP contribution in [0.25, 0.3) is 6.08 Å². The molecule has 0 heterocycles. The maximum atomic E-state index is 12.3. The Hall–Kier alpha value is -2.88. The zero-order chi connectivity index (χ0) is 18.2. The molecule has 4 nitrogen and oxygen atoms in total. The van der Waals surface area contributed by atoms with Crippen LogP contribution in [0.15, 0.2) is 54.6 Å². The normalized spacial score (nSPS) is 10.9. The van der Waals surface area contributed by atoms with Gasteiger partial charge in [0.15, 0.2) is 0 Å². The summed E-state index contributed by atoms with van der Waals surface area (Å²) in [6.07, 6.45) is 3.06. The molecule has 0 aromatic heterocycles. The number of carbonyl (C=O) groups excluding carboxylic acids is 2. The predicted octanol–water partition coefficient (Wildman–Crippen LogP) is 4.64. The Bertz CT molecular complexity index is 744. The van der Waals surface area contributed by atoms with Crippen LogP contribution in [0.3, 0.4) is 0 Å². The van der Waals surface area contributed by atoms with Gasteiger partial charge < -0.3 is 10.1 Å². The quantitative estimate of drug-likeness (QED) is 0.617. The Morgan fingerprint density at radius 3 is 2.24 bits per heavy atom. The van der Waals surface area contributed by atoms with E-state index in [0.29, 0.717) is 23.8 Å². The van der Waals surface area contributed by atoms with E-state index < -0.39 is 0 Å². The van der Waals surface area contributed by atoms with Crippen molar-refractivity contribution in [3.63, 3.8) is 0 Å². The average Bonchev–Trinajstić information content (AvgIpc) is 2.61. The number of rotatable bonds is 6. The molecule has 0 aliphatic rings. The van der Waals surface area contributed by atoms with E-state index in [0.717, 1.165) is 5.56 Å². The van der Waals surface area contributed by atoms with Gasteiger partial charge in [0, 0.05) is 17.3 Å². The molecule has 25 heavy (non-hydrogen) atoms. The van der Waals surface area contributed by atoms with Gasteiger partial charge in [-0.3, -0.25) is 4.79 Å². The van der Waals surface area contributed by atoms with Crippen LogP contribution in [0, 0.1) is 0 Å². The van der Waals surface area contributed by atoms with Gasteiger partial charge >= 0.3 is 5.97 Å². The summed E-state index contributed by atoms with van der Waals surface area (Å²) in [5.41, 5.74) is 3.38. The first-order chi connectivity index (χ1) is 12.0. The van der Waals surface area contributed by atoms with Gasteiger partial charge in [0.05, 0.1) is 6.61 Å². The van der Waals surface area contributed by atoms with Gasteiger partial charge in [-0.2, -0.15) is 0 Å². The molecule has 130 valence electrons. The van der Waals surface area contributed by atoms with Crippen LogP contribution >= 0.6 is 0 Å². The Kier molecular flexibility index (Phi) is 6.52. The summed E-state index contributed by atoms with van der Waals surface area (Å²) in [5, 5.41) is 2.86. The zero-order valence-corrected chi connectivity index (χ0v) is 14.8. The van der Waals surface area contributed by atoms with Crippen molar-refractivity contribution in [2.45, 2.75) is 26.7 Å². The summed E-state index contributed by atoms with van der Waals surface area (Å²) in [7, 11) is 0. The van der Waals surface area contributed by atoms with Crippen molar-refractivity contribution in [3.8, 4) is 0 Å². The van der Waals surface area contributed by atoms with E-state index >= 15 is 0 Å². The van der Waals surface area contributed by atoms with E-state index in [4.69, 9.17) is 4.74 Å². The number of hydrogen-bond acceptors (Lipinski definition) is 3. The second-order valence-electron chi connectivity index (χ2n) is 5.94. The molecule has 0 spiro atoms. The largest absolute Gasteiger partial charge is 0.463 e. The number of benzene rings is 2. The lowest BCUT2D eigenvalue weighted by atomic mass is 10.0. The maximum Gasteiger partial charge on any atom is 0.330 e. The van der Waals surface area contributed by atoms with Crippen LogP contribution in [0.2, 0.25) is 0 Å². The zero-order valence-electron chi connectivity index (χ0n) is 14.8. The van der Waals surface area contributed by atoms with E-state index in [-0.39, 0.29) is 11.9 Å². The molecule has 1 amide bonds. The Morgan fingerprint density at radius 2 is 1.68 bits per heavy atom. The third kappa shape index (κ3) is 5.60. The van der Waals surface area contributed by atoms with Crippen molar-refractivity contribution >= 4 is 23.6 Å². The molecule has 2 aromatic rings. The molecular weight excluding hydrogens is 314 g/mol. The van der Waals surface area contributed by atoms with E-state index in [1.54, 1.807) is 25.1 Å². The minimum Gasteiger partial charge on any atom is -0.463 e. The van der Waals surface area contributed by atoms with Crippen LogP contribution in [-0.4, -0.2) is 18.5 Å². The van der Waals surface area contributed by atoms with Crippen LogP contribution in [0.5, 0.6) is 0 Å². The fourth-order valence-corrected chi connectivity index (χ4v) is 2.25. The monoisotopic (exact) mass is 337 g/mol. The fraction of sp³-hybridized carbons (Fsp3) is 0.238. The number of carbonyl (C=O) groups is 2. The molecule has 0 fully saturated rings. The Balaban J connectivity index is 1.98. The summed E-state index contributed by atoms with van der Waals surface area (Å²) >= 11 is 0. The second kappa shape index (κ2) is 8.83. The standard InChI is InChI=1S/C21H23NO3/c1-4-25-20(23)14-7-16-5-12-19(13-6-16)22-21(24)18-10-8-17(9-11-18)15(2)3/h5-15H,4H2,1-3H3,(H,22,24)/b14-7+. The number of hydrogen-bond donors (Lipinski definition) is 1. The van der Waals surface area contributed by atoms with Crippen LogP contribution in [0.4, 0.5) is 5.69 Å². The van der Waals surface area contributed by atoms with Gasteiger partial charge in [0.25, 0.3) is 5.91 Å². The molecule has 2 rings (SSSR count). The third-order valence-corrected chi connectivity index (χ3v) is 3.71. The van der Waals surface area contributed by atoms with Crippen molar-refractivity contribution in [2.75, 3.05) is 11.9 Å². The van der Waals surface area contributed by atoms with Gasteiger partial charge in [-0.15, -0.1) is 0 Å². The lowest BCUT2D eigenvalue weighted by Crippen LogP contribution is -2.11. The third-order valence-electron chi connectivity index (χ3n) is 3.71. The molecule has 1 N–H and O–H groups in total. The van der Waals surface area contributed by atoms with E-state index in [2.05, 4.69) is 19.2 Å². The number of amides is 1. The molecule has 0 bridgehead atoms. The SMILES string of the molecule is CCOC(=O)/C=C/c1ccc(NC(=O)c2ccc(C(C)C)cc2)cc1. The highest BCUT2D eigenvalue weighted by molar-refractivity contribution is 6.04. The summed E-state index contributed by atoms with van der Waals surface area (Å²) in [5.74, 6) is -0.0813. The first-order valence-corrected chi connectivity index (χ1v) is 8.35. The molecule has 4 heteroatoms. The molecule has 0 aliphatic heterocycles. The summed E-state index contributed by atoms with van der Waals surface area (Å²) < 4.78 is 4.83. The van der Waals surface area contributed by atoms with Gasteiger partial charge in [-0.05, 0) is 54.3 Å². The van der Waals surface area contributed by atoms with Gasteiger partial charge in [0.1, 0.15) is 0 Å². The Labute approximate surface area is 148 Å². The highest BCUT2D eigenvalue weighted by atomic mass is 16.5.